The number of nitrogens with zero attached hydrogens (tertiary/aromatic N) is 3. The molecule has 0 fully saturated rings. The minimum Gasteiger partial charge on any atom is -0.328 e. The molecule has 1 aliphatic heterocycles. The number of carbonyl (C=O) groups is 1. The Morgan fingerprint density at radius 1 is 1.32 bits per heavy atom. The first-order valence-electron chi connectivity index (χ1n) is 7.61. The summed E-state index contributed by atoms with van der Waals surface area (Å²) in [5, 5.41) is 12.8. The van der Waals surface area contributed by atoms with Crippen LogP contribution in [0.25, 0.3) is 0 Å². The summed E-state index contributed by atoms with van der Waals surface area (Å²) in [6.45, 7) is 1.86. The molecular weight excluding hydrogens is 358 g/mol. The third-order valence-electron chi connectivity index (χ3n) is 3.97. The number of nitrogens with one attached hydrogen (secondary N) is 2. The topological polar surface area (TPSA) is 71.8 Å². The molecule has 2 aromatic heterocycles. The van der Waals surface area contributed by atoms with Gasteiger partial charge in [-0.2, -0.15) is 10.1 Å². The molecule has 8 heteroatoms. The molecular formula is C17H14ClN5OS. The van der Waals surface area contributed by atoms with Gasteiger partial charge in [0.1, 0.15) is 12.4 Å². The molecule has 3 aromatic rings. The number of aromatic nitrogens is 3. The maximum Gasteiger partial charge on any atom is 0.255 e. The Balaban J connectivity index is 1.76. The Morgan fingerprint density at radius 3 is 2.92 bits per heavy atom. The fourth-order valence-corrected chi connectivity index (χ4v) is 3.85. The van der Waals surface area contributed by atoms with Crippen LogP contribution in [-0.4, -0.2) is 20.7 Å². The van der Waals surface area contributed by atoms with Gasteiger partial charge in [0.25, 0.3) is 5.91 Å². The van der Waals surface area contributed by atoms with Gasteiger partial charge in [-0.05, 0) is 30.5 Å². The van der Waals surface area contributed by atoms with Crippen LogP contribution in [0.1, 0.15) is 17.8 Å². The molecule has 0 radical (unpaired) electrons. The smallest absolute Gasteiger partial charge is 0.255 e. The number of thiophene rings is 1. The van der Waals surface area contributed by atoms with E-state index in [0.717, 1.165) is 10.6 Å². The molecule has 0 saturated carbocycles. The number of anilines is 2. The van der Waals surface area contributed by atoms with E-state index in [9.17, 15) is 4.79 Å². The summed E-state index contributed by atoms with van der Waals surface area (Å²) < 4.78 is 1.72. The minimum absolute atomic E-state index is 0.224. The number of para-hydroxylation sites is 1. The summed E-state index contributed by atoms with van der Waals surface area (Å²) in [5.74, 6) is 0.392. The SMILES string of the molecule is CC1=C(C(=O)Nc2ccccc2Cl)[C@@H](c2cccs2)n2ncnc2N1. The average Bonchev–Trinajstić information content (AvgIpc) is 3.26. The van der Waals surface area contributed by atoms with Gasteiger partial charge in [-0.1, -0.05) is 29.8 Å². The van der Waals surface area contributed by atoms with Crippen LogP contribution in [0.15, 0.2) is 59.4 Å². The Morgan fingerprint density at radius 2 is 2.16 bits per heavy atom. The number of halogens is 1. The number of rotatable bonds is 3. The molecule has 25 heavy (non-hydrogen) atoms. The van der Waals surface area contributed by atoms with E-state index in [2.05, 4.69) is 20.7 Å². The summed E-state index contributed by atoms with van der Waals surface area (Å²) in [6, 6.07) is 10.8. The first-order valence-corrected chi connectivity index (χ1v) is 8.87. The highest BCUT2D eigenvalue weighted by Gasteiger charge is 2.34. The van der Waals surface area contributed by atoms with Crippen molar-refractivity contribution in [3.05, 3.63) is 69.3 Å². The largest absolute Gasteiger partial charge is 0.328 e. The molecule has 0 aliphatic carbocycles. The third-order valence-corrected chi connectivity index (χ3v) is 5.23. The summed E-state index contributed by atoms with van der Waals surface area (Å²) in [4.78, 5) is 18.3. The number of amides is 1. The molecule has 1 aliphatic rings. The molecule has 0 unspecified atom stereocenters. The fourth-order valence-electron chi connectivity index (χ4n) is 2.85. The lowest BCUT2D eigenvalue weighted by molar-refractivity contribution is -0.113. The molecule has 0 bridgehead atoms. The zero-order valence-corrected chi connectivity index (χ0v) is 14.8. The number of hydrogen-bond acceptors (Lipinski definition) is 5. The maximum atomic E-state index is 13.0. The van der Waals surface area contributed by atoms with Crippen molar-refractivity contribution in [2.24, 2.45) is 0 Å². The van der Waals surface area contributed by atoms with Gasteiger partial charge < -0.3 is 10.6 Å². The van der Waals surface area contributed by atoms with Crippen LogP contribution in [0.3, 0.4) is 0 Å². The van der Waals surface area contributed by atoms with Crippen LogP contribution in [-0.2, 0) is 4.79 Å². The van der Waals surface area contributed by atoms with Crippen molar-refractivity contribution >= 4 is 40.5 Å². The van der Waals surface area contributed by atoms with E-state index < -0.39 is 0 Å². The molecule has 126 valence electrons. The lowest BCUT2D eigenvalue weighted by Gasteiger charge is -2.27. The van der Waals surface area contributed by atoms with Crippen LogP contribution in [0.5, 0.6) is 0 Å². The molecule has 1 atom stereocenters. The van der Waals surface area contributed by atoms with Gasteiger partial charge in [0.15, 0.2) is 0 Å². The van der Waals surface area contributed by atoms with Crippen LogP contribution >= 0.6 is 22.9 Å². The molecule has 0 spiro atoms. The summed E-state index contributed by atoms with van der Waals surface area (Å²) in [6.07, 6.45) is 1.48. The highest BCUT2D eigenvalue weighted by Crippen LogP contribution is 2.37. The summed E-state index contributed by atoms with van der Waals surface area (Å²) >= 11 is 7.74. The Bertz CT molecular complexity index is 963. The monoisotopic (exact) mass is 371 g/mol. The van der Waals surface area contributed by atoms with Crippen LogP contribution in [0.2, 0.25) is 5.02 Å². The van der Waals surface area contributed by atoms with Crippen molar-refractivity contribution in [3.63, 3.8) is 0 Å². The quantitative estimate of drug-likeness (QED) is 0.732. The first kappa shape index (κ1) is 15.9. The van der Waals surface area contributed by atoms with Crippen LogP contribution in [0.4, 0.5) is 11.6 Å². The van der Waals surface area contributed by atoms with Gasteiger partial charge in [0.05, 0.1) is 16.3 Å². The fraction of sp³-hybridized carbons (Fsp3) is 0.118. The van der Waals surface area contributed by atoms with Gasteiger partial charge in [0.2, 0.25) is 5.95 Å². The molecule has 4 rings (SSSR count). The zero-order chi connectivity index (χ0) is 17.4. The van der Waals surface area contributed by atoms with Gasteiger partial charge in [-0.15, -0.1) is 11.3 Å². The maximum absolute atomic E-state index is 13.0. The third kappa shape index (κ3) is 2.81. The number of allylic oxidation sites excluding steroid dienone is 1. The van der Waals surface area contributed by atoms with Crippen molar-refractivity contribution in [3.8, 4) is 0 Å². The number of carbonyl (C=O) groups excluding carboxylic acids is 1. The van der Waals surface area contributed by atoms with Gasteiger partial charge in [-0.3, -0.25) is 4.79 Å². The van der Waals surface area contributed by atoms with Crippen molar-refractivity contribution in [2.45, 2.75) is 13.0 Å². The van der Waals surface area contributed by atoms with Gasteiger partial charge >= 0.3 is 0 Å². The lowest BCUT2D eigenvalue weighted by Crippen LogP contribution is -2.31. The average molecular weight is 372 g/mol. The normalized spacial score (nSPS) is 16.3. The number of hydrogen-bond donors (Lipinski definition) is 2. The predicted octanol–water partition coefficient (Wildman–Crippen LogP) is 3.92. The molecule has 6 nitrogen and oxygen atoms in total. The van der Waals surface area contributed by atoms with E-state index >= 15 is 0 Å². The Kier molecular flexibility index (Phi) is 4.03. The van der Waals surface area contributed by atoms with Crippen molar-refractivity contribution in [1.82, 2.24) is 14.8 Å². The second kappa shape index (κ2) is 6.34. The minimum atomic E-state index is -0.332. The Hall–Kier alpha value is -2.64. The second-order valence-corrected chi connectivity index (χ2v) is 6.93. The molecule has 1 aromatic carbocycles. The Labute approximate surface area is 153 Å². The molecule has 3 heterocycles. The summed E-state index contributed by atoms with van der Waals surface area (Å²) in [5.41, 5.74) is 1.90. The first-order chi connectivity index (χ1) is 12.1. The lowest BCUT2D eigenvalue weighted by atomic mass is 10.0. The second-order valence-electron chi connectivity index (χ2n) is 5.54. The zero-order valence-electron chi connectivity index (χ0n) is 13.2. The van der Waals surface area contributed by atoms with E-state index in [1.807, 2.05) is 36.6 Å². The van der Waals surface area contributed by atoms with Crippen LogP contribution < -0.4 is 10.6 Å². The van der Waals surface area contributed by atoms with E-state index in [0.29, 0.717) is 22.2 Å². The van der Waals surface area contributed by atoms with Crippen molar-refractivity contribution in [1.29, 1.82) is 0 Å². The highest BCUT2D eigenvalue weighted by atomic mass is 35.5. The van der Waals surface area contributed by atoms with Crippen molar-refractivity contribution < 1.29 is 4.79 Å². The van der Waals surface area contributed by atoms with E-state index in [-0.39, 0.29) is 11.9 Å². The van der Waals surface area contributed by atoms with Gasteiger partial charge in [-0.25, -0.2) is 4.68 Å². The highest BCUT2D eigenvalue weighted by molar-refractivity contribution is 7.10. The van der Waals surface area contributed by atoms with Crippen molar-refractivity contribution in [2.75, 3.05) is 10.6 Å². The number of benzene rings is 1. The molecule has 0 saturated heterocycles. The van der Waals surface area contributed by atoms with E-state index in [4.69, 9.17) is 11.6 Å². The van der Waals surface area contributed by atoms with E-state index in [1.165, 1.54) is 6.33 Å². The standard InChI is InChI=1S/C17H14ClN5OS/c1-10-14(16(24)22-12-6-3-2-5-11(12)18)15(13-7-4-8-25-13)23-17(21-10)19-9-20-23/h2-9,15H,1H3,(H,22,24)(H,19,20,21)/t15-/m1/s1. The number of fused-ring (bicyclic) bond motifs is 1. The molecule has 1 amide bonds. The van der Waals surface area contributed by atoms with E-state index in [1.54, 1.807) is 28.2 Å². The van der Waals surface area contributed by atoms with Gasteiger partial charge in [0, 0.05) is 10.6 Å². The molecule has 2 N–H and O–H groups in total. The van der Waals surface area contributed by atoms with Crippen LogP contribution in [0, 0.1) is 0 Å². The predicted molar refractivity (Wildman–Crippen MR) is 98.9 cm³/mol. The summed E-state index contributed by atoms with van der Waals surface area (Å²) in [7, 11) is 0.